The summed E-state index contributed by atoms with van der Waals surface area (Å²) in [7, 11) is 1.81. The number of rotatable bonds is 4. The van der Waals surface area contributed by atoms with E-state index in [0.29, 0.717) is 22.6 Å². The van der Waals surface area contributed by atoms with Crippen LogP contribution in [0, 0.1) is 4.91 Å². The summed E-state index contributed by atoms with van der Waals surface area (Å²) in [5.74, 6) is 0. The molecule has 0 spiro atoms. The summed E-state index contributed by atoms with van der Waals surface area (Å²) in [4.78, 5) is 15.0. The van der Waals surface area contributed by atoms with Crippen LogP contribution in [-0.2, 0) is 13.2 Å². The molecule has 0 saturated heterocycles. The number of halogens is 3. The summed E-state index contributed by atoms with van der Waals surface area (Å²) < 4.78 is 39.7. The maximum Gasteiger partial charge on any atom is 0.416 e. The van der Waals surface area contributed by atoms with Gasteiger partial charge in [-0.1, -0.05) is 0 Å². The van der Waals surface area contributed by atoms with Crippen LogP contribution in [0.15, 0.2) is 60.2 Å². The third-order valence-corrected chi connectivity index (χ3v) is 3.58. The van der Waals surface area contributed by atoms with Gasteiger partial charge in [-0.05, 0) is 47.6 Å². The lowest BCUT2D eigenvalue weighted by Gasteiger charge is -2.12. The van der Waals surface area contributed by atoms with Crippen LogP contribution >= 0.6 is 0 Å². The third-order valence-electron chi connectivity index (χ3n) is 3.58. The summed E-state index contributed by atoms with van der Waals surface area (Å²) >= 11 is 0. The fourth-order valence-corrected chi connectivity index (χ4v) is 2.36. The van der Waals surface area contributed by atoms with Gasteiger partial charge in [0.1, 0.15) is 5.69 Å². The Labute approximate surface area is 141 Å². The molecule has 1 heterocycles. The minimum atomic E-state index is -4.38. The summed E-state index contributed by atoms with van der Waals surface area (Å²) in [5.41, 5.74) is 1.84. The molecule has 0 fully saturated rings. The zero-order valence-corrected chi connectivity index (χ0v) is 13.1. The first-order valence-corrected chi connectivity index (χ1v) is 7.27. The molecule has 0 amide bonds. The SMILES string of the molecule is Cn1cnc(-c2cc(N=O)ccc2Nc2ccc(C(F)(F)F)cc2)c1. The molecule has 0 saturated carbocycles. The number of aryl methyl sites for hydroxylation is 1. The van der Waals surface area contributed by atoms with Crippen molar-refractivity contribution >= 4 is 17.1 Å². The highest BCUT2D eigenvalue weighted by atomic mass is 19.4. The number of aromatic nitrogens is 2. The minimum absolute atomic E-state index is 0.235. The molecule has 0 aliphatic carbocycles. The second-order valence-corrected chi connectivity index (χ2v) is 5.45. The van der Waals surface area contributed by atoms with Crippen LogP contribution < -0.4 is 5.32 Å². The lowest BCUT2D eigenvalue weighted by Crippen LogP contribution is -2.04. The molecule has 128 valence electrons. The van der Waals surface area contributed by atoms with E-state index >= 15 is 0 Å². The fourth-order valence-electron chi connectivity index (χ4n) is 2.36. The second kappa shape index (κ2) is 6.39. The van der Waals surface area contributed by atoms with Crippen molar-refractivity contribution in [3.8, 4) is 11.3 Å². The Morgan fingerprint density at radius 2 is 1.84 bits per heavy atom. The maximum absolute atomic E-state index is 12.6. The molecule has 2 aromatic carbocycles. The highest BCUT2D eigenvalue weighted by molar-refractivity contribution is 5.81. The topological polar surface area (TPSA) is 59.3 Å². The molecule has 0 aliphatic heterocycles. The van der Waals surface area contributed by atoms with E-state index in [4.69, 9.17) is 0 Å². The Hall–Kier alpha value is -3.16. The Kier molecular flexibility index (Phi) is 4.26. The van der Waals surface area contributed by atoms with Gasteiger partial charge < -0.3 is 9.88 Å². The monoisotopic (exact) mass is 346 g/mol. The highest BCUT2D eigenvalue weighted by Gasteiger charge is 2.29. The minimum Gasteiger partial charge on any atom is -0.355 e. The quantitative estimate of drug-likeness (QED) is 0.657. The summed E-state index contributed by atoms with van der Waals surface area (Å²) in [6.07, 6.45) is -1.00. The van der Waals surface area contributed by atoms with E-state index in [2.05, 4.69) is 15.5 Å². The molecule has 0 bridgehead atoms. The fraction of sp³-hybridized carbons (Fsp3) is 0.118. The van der Waals surface area contributed by atoms with Crippen molar-refractivity contribution in [2.75, 3.05) is 5.32 Å². The predicted molar refractivity (Wildman–Crippen MR) is 88.8 cm³/mol. The largest absolute Gasteiger partial charge is 0.416 e. The number of nitroso groups, excluding NO2 is 1. The van der Waals surface area contributed by atoms with Gasteiger partial charge in [0, 0.05) is 30.2 Å². The first-order valence-electron chi connectivity index (χ1n) is 7.27. The first kappa shape index (κ1) is 16.7. The van der Waals surface area contributed by atoms with Gasteiger partial charge in [-0.3, -0.25) is 0 Å². The Morgan fingerprint density at radius 1 is 1.12 bits per heavy atom. The number of anilines is 2. The number of hydrogen-bond donors (Lipinski definition) is 1. The average Bonchev–Trinajstić information content (AvgIpc) is 3.01. The van der Waals surface area contributed by atoms with E-state index in [1.54, 1.807) is 36.3 Å². The molecule has 0 radical (unpaired) electrons. The van der Waals surface area contributed by atoms with E-state index in [1.165, 1.54) is 18.2 Å². The number of nitrogens with zero attached hydrogens (tertiary/aromatic N) is 3. The summed E-state index contributed by atoms with van der Waals surface area (Å²) in [6, 6.07) is 9.42. The van der Waals surface area contributed by atoms with Gasteiger partial charge in [-0.25, -0.2) is 4.98 Å². The van der Waals surface area contributed by atoms with Crippen LogP contribution in [0.1, 0.15) is 5.56 Å². The smallest absolute Gasteiger partial charge is 0.355 e. The molecule has 0 atom stereocenters. The van der Waals surface area contributed by atoms with Crippen molar-refractivity contribution < 1.29 is 13.2 Å². The highest BCUT2D eigenvalue weighted by Crippen LogP contribution is 2.34. The van der Waals surface area contributed by atoms with Crippen molar-refractivity contribution in [1.82, 2.24) is 9.55 Å². The molecule has 1 aromatic heterocycles. The van der Waals surface area contributed by atoms with Gasteiger partial charge in [-0.15, -0.1) is 4.91 Å². The number of hydrogen-bond acceptors (Lipinski definition) is 4. The van der Waals surface area contributed by atoms with Crippen molar-refractivity contribution in [3.63, 3.8) is 0 Å². The Balaban J connectivity index is 1.96. The van der Waals surface area contributed by atoms with Crippen molar-refractivity contribution in [3.05, 3.63) is 65.5 Å². The van der Waals surface area contributed by atoms with Crippen LogP contribution in [-0.4, -0.2) is 9.55 Å². The van der Waals surface area contributed by atoms with Crippen LogP contribution in [0.3, 0.4) is 0 Å². The zero-order chi connectivity index (χ0) is 18.0. The van der Waals surface area contributed by atoms with E-state index in [9.17, 15) is 18.1 Å². The van der Waals surface area contributed by atoms with Crippen molar-refractivity contribution in [2.45, 2.75) is 6.18 Å². The number of alkyl halides is 3. The molecule has 25 heavy (non-hydrogen) atoms. The van der Waals surface area contributed by atoms with Gasteiger partial charge in [0.25, 0.3) is 0 Å². The molecule has 3 aromatic rings. The van der Waals surface area contributed by atoms with Crippen LogP contribution in [0.5, 0.6) is 0 Å². The van der Waals surface area contributed by atoms with Crippen molar-refractivity contribution in [1.29, 1.82) is 0 Å². The van der Waals surface area contributed by atoms with Crippen molar-refractivity contribution in [2.24, 2.45) is 12.2 Å². The van der Waals surface area contributed by atoms with Gasteiger partial charge in [0.05, 0.1) is 17.6 Å². The molecule has 0 unspecified atom stereocenters. The molecule has 1 N–H and O–H groups in total. The average molecular weight is 346 g/mol. The lowest BCUT2D eigenvalue weighted by atomic mass is 10.1. The maximum atomic E-state index is 12.6. The second-order valence-electron chi connectivity index (χ2n) is 5.45. The zero-order valence-electron chi connectivity index (χ0n) is 13.1. The third kappa shape index (κ3) is 3.68. The Morgan fingerprint density at radius 3 is 2.40 bits per heavy atom. The van der Waals surface area contributed by atoms with Gasteiger partial charge in [-0.2, -0.15) is 13.2 Å². The van der Waals surface area contributed by atoms with Gasteiger partial charge in [0.2, 0.25) is 0 Å². The molecule has 8 heteroatoms. The van der Waals surface area contributed by atoms with Crippen LogP contribution in [0.25, 0.3) is 11.3 Å². The van der Waals surface area contributed by atoms with Gasteiger partial charge >= 0.3 is 6.18 Å². The molecule has 5 nitrogen and oxygen atoms in total. The van der Waals surface area contributed by atoms with E-state index < -0.39 is 11.7 Å². The summed E-state index contributed by atoms with van der Waals surface area (Å²) in [6.45, 7) is 0. The number of imidazole rings is 1. The Bertz CT molecular complexity index is 901. The van der Waals surface area contributed by atoms with Gasteiger partial charge in [0.15, 0.2) is 0 Å². The van der Waals surface area contributed by atoms with E-state index in [1.807, 2.05) is 0 Å². The predicted octanol–water partition coefficient (Wildman–Crippen LogP) is 5.25. The molecule has 0 aliphatic rings. The standard InChI is InChI=1S/C17H13F3N4O/c1-24-9-16(21-10-24)14-8-13(23-25)6-7-15(14)22-12-4-2-11(3-5-12)17(18,19)20/h2-10,22H,1H3. The molecular weight excluding hydrogens is 333 g/mol. The summed E-state index contributed by atoms with van der Waals surface area (Å²) in [5, 5.41) is 5.96. The normalized spacial score (nSPS) is 11.4. The number of benzene rings is 2. The number of nitrogens with one attached hydrogen (secondary N) is 1. The van der Waals surface area contributed by atoms with Crippen LogP contribution in [0.4, 0.5) is 30.2 Å². The first-order chi connectivity index (χ1) is 11.9. The lowest BCUT2D eigenvalue weighted by molar-refractivity contribution is -0.137. The molecule has 3 rings (SSSR count). The van der Waals surface area contributed by atoms with E-state index in [-0.39, 0.29) is 5.69 Å². The van der Waals surface area contributed by atoms with E-state index in [0.717, 1.165) is 12.1 Å². The molecular formula is C17H13F3N4O. The van der Waals surface area contributed by atoms with Crippen LogP contribution in [0.2, 0.25) is 0 Å².